The number of hydrogen-bond acceptors (Lipinski definition) is 3. The summed E-state index contributed by atoms with van der Waals surface area (Å²) in [5.74, 6) is -0.191. The van der Waals surface area contributed by atoms with Crippen molar-refractivity contribution in [2.75, 3.05) is 30.0 Å². The first-order valence-corrected chi connectivity index (χ1v) is 6.42. The van der Waals surface area contributed by atoms with E-state index in [-0.39, 0.29) is 5.91 Å². The van der Waals surface area contributed by atoms with Gasteiger partial charge in [-0.25, -0.2) is 0 Å². The number of benzene rings is 2. The van der Waals surface area contributed by atoms with Crippen LogP contribution >= 0.6 is 0 Å². The molecule has 0 bridgehead atoms. The highest BCUT2D eigenvalue weighted by atomic mass is 16.1. The Kier molecular flexibility index (Phi) is 3.94. The highest BCUT2D eigenvalue weighted by Crippen LogP contribution is 2.19. The first-order valence-electron chi connectivity index (χ1n) is 6.42. The second-order valence-electron chi connectivity index (χ2n) is 4.99. The molecule has 0 aliphatic heterocycles. The fourth-order valence-electron chi connectivity index (χ4n) is 1.91. The molecule has 0 aliphatic carbocycles. The van der Waals surface area contributed by atoms with Crippen LogP contribution in [-0.4, -0.2) is 20.0 Å². The Morgan fingerprint density at radius 1 is 1.10 bits per heavy atom. The molecule has 0 unspecified atom stereocenters. The van der Waals surface area contributed by atoms with Crippen LogP contribution in [0.3, 0.4) is 0 Å². The summed E-state index contributed by atoms with van der Waals surface area (Å²) in [6.45, 7) is 1.93. The third kappa shape index (κ3) is 3.09. The van der Waals surface area contributed by atoms with Crippen molar-refractivity contribution in [3.05, 3.63) is 53.6 Å². The van der Waals surface area contributed by atoms with Gasteiger partial charge in [-0.1, -0.05) is 11.6 Å². The van der Waals surface area contributed by atoms with Gasteiger partial charge in [0, 0.05) is 31.2 Å². The normalized spacial score (nSPS) is 10.2. The Bertz CT molecular complexity index is 618. The fourth-order valence-corrected chi connectivity index (χ4v) is 1.91. The number of rotatable bonds is 3. The van der Waals surface area contributed by atoms with Crippen LogP contribution in [0.2, 0.25) is 0 Å². The molecule has 4 heteroatoms. The Balaban J connectivity index is 2.17. The SMILES string of the molecule is Cc1ccc(N)c(C(=O)Nc2ccc(N(C)C)cc2)c1. The summed E-state index contributed by atoms with van der Waals surface area (Å²) in [4.78, 5) is 14.2. The summed E-state index contributed by atoms with van der Waals surface area (Å²) in [5, 5.41) is 2.85. The van der Waals surface area contributed by atoms with Gasteiger partial charge in [0.25, 0.3) is 5.91 Å². The number of aryl methyl sites for hydroxylation is 1. The van der Waals surface area contributed by atoms with E-state index in [1.54, 1.807) is 12.1 Å². The molecule has 0 radical (unpaired) electrons. The molecule has 0 spiro atoms. The molecule has 0 aliphatic rings. The standard InChI is InChI=1S/C16H19N3O/c1-11-4-9-15(17)14(10-11)16(20)18-12-5-7-13(8-6-12)19(2)3/h4-10H,17H2,1-3H3,(H,18,20). The van der Waals surface area contributed by atoms with Crippen LogP contribution in [0, 0.1) is 6.92 Å². The molecule has 0 saturated heterocycles. The van der Waals surface area contributed by atoms with Crippen molar-refractivity contribution in [1.29, 1.82) is 0 Å². The average Bonchev–Trinajstić information content (AvgIpc) is 2.42. The Labute approximate surface area is 119 Å². The second-order valence-corrected chi connectivity index (χ2v) is 4.99. The number of anilines is 3. The van der Waals surface area contributed by atoms with E-state index in [4.69, 9.17) is 5.73 Å². The lowest BCUT2D eigenvalue weighted by Gasteiger charge is -2.13. The minimum Gasteiger partial charge on any atom is -0.398 e. The predicted octanol–water partition coefficient (Wildman–Crippen LogP) is 2.90. The minimum atomic E-state index is -0.191. The van der Waals surface area contributed by atoms with Crippen molar-refractivity contribution in [3.63, 3.8) is 0 Å². The van der Waals surface area contributed by atoms with Crippen LogP contribution in [0.1, 0.15) is 15.9 Å². The highest BCUT2D eigenvalue weighted by Gasteiger charge is 2.10. The summed E-state index contributed by atoms with van der Waals surface area (Å²) in [5.41, 5.74) is 9.67. The number of nitrogens with two attached hydrogens (primary N) is 1. The van der Waals surface area contributed by atoms with Gasteiger partial charge in [0.05, 0.1) is 5.56 Å². The number of hydrogen-bond donors (Lipinski definition) is 2. The van der Waals surface area contributed by atoms with Gasteiger partial charge in [-0.2, -0.15) is 0 Å². The Morgan fingerprint density at radius 2 is 1.75 bits per heavy atom. The number of amides is 1. The van der Waals surface area contributed by atoms with Crippen LogP contribution < -0.4 is 16.0 Å². The van der Waals surface area contributed by atoms with Crippen LogP contribution in [0.5, 0.6) is 0 Å². The maximum absolute atomic E-state index is 12.2. The van der Waals surface area contributed by atoms with Gasteiger partial charge in [0.1, 0.15) is 0 Å². The lowest BCUT2D eigenvalue weighted by molar-refractivity contribution is 0.102. The molecule has 4 nitrogen and oxygen atoms in total. The molecule has 0 saturated carbocycles. The monoisotopic (exact) mass is 269 g/mol. The van der Waals surface area contributed by atoms with E-state index in [2.05, 4.69) is 5.32 Å². The van der Waals surface area contributed by atoms with Crippen molar-refractivity contribution in [2.24, 2.45) is 0 Å². The second kappa shape index (κ2) is 5.65. The summed E-state index contributed by atoms with van der Waals surface area (Å²) in [7, 11) is 3.95. The summed E-state index contributed by atoms with van der Waals surface area (Å²) < 4.78 is 0. The van der Waals surface area contributed by atoms with E-state index in [1.165, 1.54) is 0 Å². The van der Waals surface area contributed by atoms with E-state index in [0.29, 0.717) is 11.3 Å². The smallest absolute Gasteiger partial charge is 0.257 e. The van der Waals surface area contributed by atoms with E-state index in [1.807, 2.05) is 56.3 Å². The summed E-state index contributed by atoms with van der Waals surface area (Å²) >= 11 is 0. The van der Waals surface area contributed by atoms with Crippen LogP contribution in [0.4, 0.5) is 17.1 Å². The van der Waals surface area contributed by atoms with Crippen molar-refractivity contribution in [1.82, 2.24) is 0 Å². The van der Waals surface area contributed by atoms with Gasteiger partial charge in [0.15, 0.2) is 0 Å². The molecule has 0 aromatic heterocycles. The lowest BCUT2D eigenvalue weighted by atomic mass is 10.1. The Hall–Kier alpha value is -2.49. The minimum absolute atomic E-state index is 0.191. The molecule has 2 aromatic rings. The lowest BCUT2D eigenvalue weighted by Crippen LogP contribution is -2.14. The third-order valence-electron chi connectivity index (χ3n) is 3.09. The van der Waals surface area contributed by atoms with E-state index in [0.717, 1.165) is 16.9 Å². The van der Waals surface area contributed by atoms with Gasteiger partial charge in [0.2, 0.25) is 0 Å². The molecule has 0 fully saturated rings. The molecular formula is C16H19N3O. The molecule has 1 amide bonds. The number of carbonyl (C=O) groups is 1. The molecule has 20 heavy (non-hydrogen) atoms. The molecule has 3 N–H and O–H groups in total. The van der Waals surface area contributed by atoms with E-state index in [9.17, 15) is 4.79 Å². The number of nitrogen functional groups attached to an aromatic ring is 1. The van der Waals surface area contributed by atoms with E-state index >= 15 is 0 Å². The fraction of sp³-hybridized carbons (Fsp3) is 0.188. The largest absolute Gasteiger partial charge is 0.398 e. The zero-order valence-electron chi connectivity index (χ0n) is 12.0. The van der Waals surface area contributed by atoms with Crippen LogP contribution in [0.25, 0.3) is 0 Å². The van der Waals surface area contributed by atoms with Gasteiger partial charge >= 0.3 is 0 Å². The predicted molar refractivity (Wildman–Crippen MR) is 84.3 cm³/mol. The maximum Gasteiger partial charge on any atom is 0.257 e. The summed E-state index contributed by atoms with van der Waals surface area (Å²) in [6.07, 6.45) is 0. The molecular weight excluding hydrogens is 250 g/mol. The van der Waals surface area contributed by atoms with Gasteiger partial charge < -0.3 is 16.0 Å². The molecule has 0 atom stereocenters. The van der Waals surface area contributed by atoms with Crippen molar-refractivity contribution in [2.45, 2.75) is 6.92 Å². The highest BCUT2D eigenvalue weighted by molar-refractivity contribution is 6.07. The van der Waals surface area contributed by atoms with Crippen molar-refractivity contribution >= 4 is 23.0 Å². The van der Waals surface area contributed by atoms with Crippen LogP contribution in [-0.2, 0) is 0 Å². The number of nitrogens with zero attached hydrogens (tertiary/aromatic N) is 1. The van der Waals surface area contributed by atoms with Gasteiger partial charge in [-0.05, 0) is 43.3 Å². The Morgan fingerprint density at radius 3 is 2.35 bits per heavy atom. The first kappa shape index (κ1) is 13.9. The average molecular weight is 269 g/mol. The first-order chi connectivity index (χ1) is 9.47. The topological polar surface area (TPSA) is 58.4 Å². The maximum atomic E-state index is 12.2. The van der Waals surface area contributed by atoms with Crippen LogP contribution in [0.15, 0.2) is 42.5 Å². The number of carbonyl (C=O) groups excluding carboxylic acids is 1. The number of nitrogens with one attached hydrogen (secondary N) is 1. The zero-order valence-corrected chi connectivity index (χ0v) is 12.0. The molecule has 104 valence electrons. The molecule has 0 heterocycles. The van der Waals surface area contributed by atoms with Crippen molar-refractivity contribution in [3.8, 4) is 0 Å². The van der Waals surface area contributed by atoms with E-state index < -0.39 is 0 Å². The van der Waals surface area contributed by atoms with Gasteiger partial charge in [-0.3, -0.25) is 4.79 Å². The molecule has 2 rings (SSSR count). The summed E-state index contributed by atoms with van der Waals surface area (Å²) in [6, 6.07) is 13.1. The van der Waals surface area contributed by atoms with Gasteiger partial charge in [-0.15, -0.1) is 0 Å². The molecule has 2 aromatic carbocycles. The zero-order chi connectivity index (χ0) is 14.7. The quantitative estimate of drug-likeness (QED) is 0.842. The van der Waals surface area contributed by atoms with Crippen molar-refractivity contribution < 1.29 is 4.79 Å². The third-order valence-corrected chi connectivity index (χ3v) is 3.09.